The van der Waals surface area contributed by atoms with Crippen molar-refractivity contribution < 1.29 is 22.7 Å². The van der Waals surface area contributed by atoms with Gasteiger partial charge >= 0.3 is 0 Å². The Morgan fingerprint density at radius 3 is 2.17 bits per heavy atom. The number of para-hydroxylation sites is 2. The maximum atomic E-state index is 13.7. The van der Waals surface area contributed by atoms with Crippen molar-refractivity contribution in [3.05, 3.63) is 58.1 Å². The predicted octanol–water partition coefficient (Wildman–Crippen LogP) is 4.49. The van der Waals surface area contributed by atoms with Crippen LogP contribution in [-0.4, -0.2) is 56.1 Å². The molecule has 1 atom stereocenters. The fraction of sp³-hybridized carbons (Fsp3) is 0.440. The first kappa shape index (κ1) is 29.7. The molecule has 0 aliphatic heterocycles. The largest absolute Gasteiger partial charge is 0.492 e. The molecule has 2 amide bonds. The van der Waals surface area contributed by atoms with E-state index < -0.39 is 40.0 Å². The lowest BCUT2D eigenvalue weighted by molar-refractivity contribution is -0.140. The Balaban J connectivity index is 2.51. The summed E-state index contributed by atoms with van der Waals surface area (Å²) >= 11 is 12.7. The summed E-state index contributed by atoms with van der Waals surface area (Å²) in [6.07, 6.45) is 1.01. The molecule has 0 aromatic heterocycles. The Labute approximate surface area is 223 Å². The summed E-state index contributed by atoms with van der Waals surface area (Å²) in [5.41, 5.74) is 0.125. The first-order chi connectivity index (χ1) is 16.7. The second-order valence-electron chi connectivity index (χ2n) is 9.31. The summed E-state index contributed by atoms with van der Waals surface area (Å²) in [4.78, 5) is 28.0. The van der Waals surface area contributed by atoms with Crippen LogP contribution in [0, 0.1) is 0 Å². The Morgan fingerprint density at radius 1 is 1.06 bits per heavy atom. The van der Waals surface area contributed by atoms with Crippen LogP contribution in [0.15, 0.2) is 42.5 Å². The molecule has 2 aromatic carbocycles. The fourth-order valence-electron chi connectivity index (χ4n) is 3.45. The van der Waals surface area contributed by atoms with Gasteiger partial charge < -0.3 is 15.0 Å². The number of carbonyl (C=O) groups is 2. The standard InChI is InChI=1S/C25H33Cl2N3O5S/c1-7-35-22-14-9-8-13-21(22)30(36(6,33)34)16-23(31)29(17(2)24(32)28-25(3,4)5)15-18-19(26)11-10-12-20(18)27/h8-14,17H,7,15-16H2,1-6H3,(H,28,32)/t17-/m0/s1. The number of halogens is 2. The summed E-state index contributed by atoms with van der Waals surface area (Å²) in [7, 11) is -3.90. The van der Waals surface area contributed by atoms with Gasteiger partial charge in [-0.1, -0.05) is 41.4 Å². The fourth-order valence-corrected chi connectivity index (χ4v) is 4.82. The highest BCUT2D eigenvalue weighted by molar-refractivity contribution is 7.92. The molecule has 0 spiro atoms. The monoisotopic (exact) mass is 557 g/mol. The minimum atomic E-state index is -3.90. The van der Waals surface area contributed by atoms with Gasteiger partial charge in [-0.15, -0.1) is 0 Å². The Morgan fingerprint density at radius 2 is 1.64 bits per heavy atom. The van der Waals surface area contributed by atoms with Crippen LogP contribution in [0.4, 0.5) is 5.69 Å². The van der Waals surface area contributed by atoms with Gasteiger partial charge in [0.15, 0.2) is 0 Å². The van der Waals surface area contributed by atoms with E-state index in [1.807, 2.05) is 20.8 Å². The second kappa shape index (κ2) is 12.2. The zero-order valence-electron chi connectivity index (χ0n) is 21.3. The average Bonchev–Trinajstić information content (AvgIpc) is 2.75. The Kier molecular flexibility index (Phi) is 10.0. The van der Waals surface area contributed by atoms with E-state index in [0.717, 1.165) is 10.6 Å². The summed E-state index contributed by atoms with van der Waals surface area (Å²) in [5, 5.41) is 3.51. The SMILES string of the molecule is CCOc1ccccc1N(CC(=O)N(Cc1c(Cl)cccc1Cl)[C@@H](C)C(=O)NC(C)(C)C)S(C)(=O)=O. The van der Waals surface area contributed by atoms with Gasteiger partial charge in [0, 0.05) is 27.7 Å². The van der Waals surface area contributed by atoms with Crippen LogP contribution < -0.4 is 14.4 Å². The molecular weight excluding hydrogens is 525 g/mol. The van der Waals surface area contributed by atoms with Gasteiger partial charge in [-0.2, -0.15) is 0 Å². The second-order valence-corrected chi connectivity index (χ2v) is 12.0. The van der Waals surface area contributed by atoms with Crippen LogP contribution in [0.2, 0.25) is 10.0 Å². The smallest absolute Gasteiger partial charge is 0.244 e. The molecule has 0 radical (unpaired) electrons. The topological polar surface area (TPSA) is 96.0 Å². The van der Waals surface area contributed by atoms with Crippen LogP contribution in [0.5, 0.6) is 5.75 Å². The van der Waals surface area contributed by atoms with Gasteiger partial charge in [0.25, 0.3) is 0 Å². The van der Waals surface area contributed by atoms with Crippen molar-refractivity contribution >= 4 is 50.7 Å². The maximum Gasteiger partial charge on any atom is 0.244 e. The summed E-state index contributed by atoms with van der Waals surface area (Å²) in [6, 6.07) is 10.5. The van der Waals surface area contributed by atoms with Crippen molar-refractivity contribution in [1.82, 2.24) is 10.2 Å². The van der Waals surface area contributed by atoms with E-state index in [0.29, 0.717) is 28.0 Å². The molecule has 0 saturated heterocycles. The van der Waals surface area contributed by atoms with Gasteiger partial charge in [-0.05, 0) is 58.9 Å². The molecule has 8 nitrogen and oxygen atoms in total. The first-order valence-corrected chi connectivity index (χ1v) is 14.0. The third kappa shape index (κ3) is 8.01. The molecule has 2 rings (SSSR count). The van der Waals surface area contributed by atoms with Gasteiger partial charge in [0.05, 0.1) is 18.6 Å². The van der Waals surface area contributed by atoms with Crippen molar-refractivity contribution in [1.29, 1.82) is 0 Å². The molecule has 0 saturated carbocycles. The van der Waals surface area contributed by atoms with Gasteiger partial charge in [0.2, 0.25) is 21.8 Å². The lowest BCUT2D eigenvalue weighted by Gasteiger charge is -2.33. The van der Waals surface area contributed by atoms with E-state index in [9.17, 15) is 18.0 Å². The van der Waals surface area contributed by atoms with Crippen LogP contribution >= 0.6 is 23.2 Å². The number of hydrogen-bond acceptors (Lipinski definition) is 5. The molecule has 1 N–H and O–H groups in total. The van der Waals surface area contributed by atoms with Gasteiger partial charge in [0.1, 0.15) is 18.3 Å². The highest BCUT2D eigenvalue weighted by atomic mass is 35.5. The van der Waals surface area contributed by atoms with Crippen molar-refractivity contribution in [2.24, 2.45) is 0 Å². The summed E-state index contributed by atoms with van der Waals surface area (Å²) in [5.74, 6) is -0.698. The number of amides is 2. The molecule has 0 fully saturated rings. The van der Waals surface area contributed by atoms with Gasteiger partial charge in [-0.25, -0.2) is 8.42 Å². The molecular formula is C25H33Cl2N3O5S. The lowest BCUT2D eigenvalue weighted by atomic mass is 10.1. The molecule has 11 heteroatoms. The average molecular weight is 559 g/mol. The van der Waals surface area contributed by atoms with Crippen LogP contribution in [0.1, 0.15) is 40.2 Å². The van der Waals surface area contributed by atoms with Crippen molar-refractivity contribution in [3.63, 3.8) is 0 Å². The minimum absolute atomic E-state index is 0.0965. The molecule has 36 heavy (non-hydrogen) atoms. The number of hydrogen-bond donors (Lipinski definition) is 1. The quantitative estimate of drug-likeness (QED) is 0.464. The molecule has 198 valence electrons. The highest BCUT2D eigenvalue weighted by Crippen LogP contribution is 2.31. The number of carbonyl (C=O) groups excluding carboxylic acids is 2. The zero-order chi connectivity index (χ0) is 27.3. The van der Waals surface area contributed by atoms with Crippen LogP contribution in [0.25, 0.3) is 0 Å². The number of sulfonamides is 1. The maximum absolute atomic E-state index is 13.7. The predicted molar refractivity (Wildman–Crippen MR) is 144 cm³/mol. The number of anilines is 1. The van der Waals surface area contributed by atoms with Crippen molar-refractivity contribution in [2.75, 3.05) is 23.7 Å². The molecule has 0 aliphatic carbocycles. The van der Waals surface area contributed by atoms with E-state index in [2.05, 4.69) is 5.32 Å². The van der Waals surface area contributed by atoms with Crippen molar-refractivity contribution in [3.8, 4) is 5.75 Å². The van der Waals surface area contributed by atoms with E-state index in [-0.39, 0.29) is 12.2 Å². The van der Waals surface area contributed by atoms with Crippen molar-refractivity contribution in [2.45, 2.75) is 52.7 Å². The highest BCUT2D eigenvalue weighted by Gasteiger charge is 2.32. The third-order valence-electron chi connectivity index (χ3n) is 5.17. The van der Waals surface area contributed by atoms with Gasteiger partial charge in [-0.3, -0.25) is 13.9 Å². The number of benzene rings is 2. The number of nitrogens with zero attached hydrogens (tertiary/aromatic N) is 2. The van der Waals surface area contributed by atoms with E-state index in [1.54, 1.807) is 56.3 Å². The molecule has 0 heterocycles. The van der Waals surface area contributed by atoms with E-state index >= 15 is 0 Å². The van der Waals surface area contributed by atoms with E-state index in [4.69, 9.17) is 27.9 Å². The Bertz CT molecular complexity index is 1180. The third-order valence-corrected chi connectivity index (χ3v) is 7.00. The Hall–Kier alpha value is -2.49. The van der Waals surface area contributed by atoms with E-state index in [1.165, 1.54) is 4.90 Å². The minimum Gasteiger partial charge on any atom is -0.492 e. The molecule has 0 bridgehead atoms. The number of rotatable bonds is 10. The van der Waals surface area contributed by atoms with Crippen LogP contribution in [-0.2, 0) is 26.2 Å². The molecule has 0 aliphatic rings. The summed E-state index contributed by atoms with van der Waals surface area (Å²) in [6.45, 7) is 8.48. The molecule has 2 aromatic rings. The number of nitrogens with one attached hydrogen (secondary N) is 1. The first-order valence-electron chi connectivity index (χ1n) is 11.4. The normalized spacial score (nSPS) is 12.6. The zero-order valence-corrected chi connectivity index (χ0v) is 23.7. The molecule has 0 unspecified atom stereocenters. The number of ether oxygens (including phenoxy) is 1. The van der Waals surface area contributed by atoms with Crippen LogP contribution in [0.3, 0.4) is 0 Å². The summed E-state index contributed by atoms with van der Waals surface area (Å²) < 4.78 is 32.1. The lowest BCUT2D eigenvalue weighted by Crippen LogP contribution is -2.54.